The van der Waals surface area contributed by atoms with Gasteiger partial charge in [0, 0.05) is 19.2 Å². The van der Waals surface area contributed by atoms with Crippen LogP contribution in [0.2, 0.25) is 0 Å². The van der Waals surface area contributed by atoms with Crippen LogP contribution < -0.4 is 0 Å². The number of hydrogen-bond donors (Lipinski definition) is 1. The summed E-state index contributed by atoms with van der Waals surface area (Å²) in [5, 5.41) is 10.0. The average molecular weight is 347 g/mol. The molecular weight excluding hydrogens is 328 g/mol. The molecule has 0 bridgehead atoms. The summed E-state index contributed by atoms with van der Waals surface area (Å²) in [4.78, 5) is 14.3. The van der Waals surface area contributed by atoms with E-state index in [9.17, 15) is 18.7 Å². The fraction of sp³-hybridized carbons (Fsp3) is 0.316. The van der Waals surface area contributed by atoms with Crippen LogP contribution in [-0.4, -0.2) is 35.7 Å². The molecule has 1 saturated heterocycles. The van der Waals surface area contributed by atoms with E-state index < -0.39 is 29.9 Å². The maximum Gasteiger partial charge on any atom is 0.256 e. The van der Waals surface area contributed by atoms with Gasteiger partial charge in [0.2, 0.25) is 0 Å². The monoisotopic (exact) mass is 347 g/mol. The van der Waals surface area contributed by atoms with E-state index in [2.05, 4.69) is 0 Å². The van der Waals surface area contributed by atoms with Crippen molar-refractivity contribution in [2.75, 3.05) is 13.7 Å². The summed E-state index contributed by atoms with van der Waals surface area (Å²) in [5.74, 6) is -1.58. The number of carbonyl (C=O) groups excluding carboxylic acids is 1. The van der Waals surface area contributed by atoms with Gasteiger partial charge in [0.15, 0.2) is 6.10 Å². The molecule has 3 atom stereocenters. The number of benzene rings is 2. The normalized spacial score (nSPS) is 21.4. The SMILES string of the molecule is COC(C(=O)N1CC(O)CC1c1cc(F)ccc1F)c1ccccc1. The van der Waals surface area contributed by atoms with Crippen molar-refractivity contribution in [3.05, 3.63) is 71.3 Å². The first kappa shape index (κ1) is 17.5. The number of nitrogens with zero attached hydrogens (tertiary/aromatic N) is 1. The molecule has 0 saturated carbocycles. The fourth-order valence-electron chi connectivity index (χ4n) is 3.28. The molecule has 3 unspecified atom stereocenters. The third-order valence-electron chi connectivity index (χ3n) is 4.44. The molecule has 1 N–H and O–H groups in total. The molecule has 1 amide bonds. The van der Waals surface area contributed by atoms with E-state index >= 15 is 0 Å². The number of carbonyl (C=O) groups is 1. The second-order valence-corrected chi connectivity index (χ2v) is 6.09. The van der Waals surface area contributed by atoms with Gasteiger partial charge in [-0.15, -0.1) is 0 Å². The number of halogens is 2. The van der Waals surface area contributed by atoms with Crippen molar-refractivity contribution < 1.29 is 23.4 Å². The molecule has 2 aromatic rings. The Morgan fingerprint density at radius 1 is 1.24 bits per heavy atom. The highest BCUT2D eigenvalue weighted by molar-refractivity contribution is 5.83. The lowest BCUT2D eigenvalue weighted by atomic mass is 10.0. The Morgan fingerprint density at radius 3 is 2.64 bits per heavy atom. The molecule has 0 aliphatic carbocycles. The highest BCUT2D eigenvalue weighted by atomic mass is 19.1. The van der Waals surface area contributed by atoms with Gasteiger partial charge in [0.05, 0.1) is 12.1 Å². The van der Waals surface area contributed by atoms with Gasteiger partial charge in [-0.3, -0.25) is 4.79 Å². The maximum atomic E-state index is 14.2. The van der Waals surface area contributed by atoms with Crippen LogP contribution in [0.5, 0.6) is 0 Å². The van der Waals surface area contributed by atoms with Crippen LogP contribution in [0.15, 0.2) is 48.5 Å². The van der Waals surface area contributed by atoms with E-state index in [1.807, 2.05) is 6.07 Å². The summed E-state index contributed by atoms with van der Waals surface area (Å²) in [7, 11) is 1.42. The molecule has 0 aromatic heterocycles. The van der Waals surface area contributed by atoms with Gasteiger partial charge in [-0.2, -0.15) is 0 Å². The van der Waals surface area contributed by atoms with Crippen LogP contribution in [0.1, 0.15) is 29.7 Å². The molecule has 2 aromatic carbocycles. The first-order chi connectivity index (χ1) is 12.0. The number of rotatable bonds is 4. The molecule has 3 rings (SSSR count). The molecule has 1 aliphatic heterocycles. The molecule has 25 heavy (non-hydrogen) atoms. The Balaban J connectivity index is 1.93. The maximum absolute atomic E-state index is 14.2. The van der Waals surface area contributed by atoms with Gasteiger partial charge in [0.1, 0.15) is 11.6 Å². The van der Waals surface area contributed by atoms with Crippen LogP contribution in [-0.2, 0) is 9.53 Å². The highest BCUT2D eigenvalue weighted by Gasteiger charge is 2.39. The van der Waals surface area contributed by atoms with E-state index in [1.165, 1.54) is 12.0 Å². The van der Waals surface area contributed by atoms with Crippen molar-refractivity contribution in [3.8, 4) is 0 Å². The number of amides is 1. The molecule has 6 heteroatoms. The summed E-state index contributed by atoms with van der Waals surface area (Å²) in [6.45, 7) is 0.0478. The quantitative estimate of drug-likeness (QED) is 0.925. The molecule has 0 radical (unpaired) electrons. The molecule has 0 spiro atoms. The highest BCUT2D eigenvalue weighted by Crippen LogP contribution is 2.36. The van der Waals surface area contributed by atoms with Crippen molar-refractivity contribution in [3.63, 3.8) is 0 Å². The number of aliphatic hydroxyl groups excluding tert-OH is 1. The lowest BCUT2D eigenvalue weighted by molar-refractivity contribution is -0.143. The van der Waals surface area contributed by atoms with E-state index in [4.69, 9.17) is 4.74 Å². The lowest BCUT2D eigenvalue weighted by Crippen LogP contribution is -2.36. The topological polar surface area (TPSA) is 49.8 Å². The van der Waals surface area contributed by atoms with E-state index in [-0.39, 0.29) is 24.4 Å². The molecular formula is C19H19F2NO3. The number of aliphatic hydroxyl groups is 1. The first-order valence-electron chi connectivity index (χ1n) is 8.02. The predicted octanol–water partition coefficient (Wildman–Crippen LogP) is 2.99. The van der Waals surface area contributed by atoms with Gasteiger partial charge in [-0.05, 0) is 30.2 Å². The zero-order valence-electron chi connectivity index (χ0n) is 13.7. The molecule has 1 heterocycles. The van der Waals surface area contributed by atoms with Crippen molar-refractivity contribution in [1.29, 1.82) is 0 Å². The van der Waals surface area contributed by atoms with Crippen molar-refractivity contribution >= 4 is 5.91 Å². The molecule has 1 fully saturated rings. The summed E-state index contributed by atoms with van der Waals surface area (Å²) in [6.07, 6.45) is -1.52. The molecule has 1 aliphatic rings. The number of ether oxygens (including phenoxy) is 1. The van der Waals surface area contributed by atoms with Crippen molar-refractivity contribution in [2.24, 2.45) is 0 Å². The third-order valence-corrected chi connectivity index (χ3v) is 4.44. The zero-order valence-corrected chi connectivity index (χ0v) is 13.7. The minimum absolute atomic E-state index is 0.0478. The average Bonchev–Trinajstić information content (AvgIpc) is 3.00. The van der Waals surface area contributed by atoms with Crippen LogP contribution >= 0.6 is 0 Å². The van der Waals surface area contributed by atoms with Gasteiger partial charge in [-0.25, -0.2) is 8.78 Å². The zero-order chi connectivity index (χ0) is 18.0. The minimum Gasteiger partial charge on any atom is -0.391 e. The van der Waals surface area contributed by atoms with E-state index in [0.29, 0.717) is 5.56 Å². The summed E-state index contributed by atoms with van der Waals surface area (Å²) < 4.78 is 33.1. The Morgan fingerprint density at radius 2 is 1.96 bits per heavy atom. The summed E-state index contributed by atoms with van der Waals surface area (Å²) in [5.41, 5.74) is 0.725. The largest absolute Gasteiger partial charge is 0.391 e. The van der Waals surface area contributed by atoms with Crippen molar-refractivity contribution in [1.82, 2.24) is 4.90 Å². The first-order valence-corrected chi connectivity index (χ1v) is 8.02. The Labute approximate surface area is 144 Å². The van der Waals surface area contributed by atoms with Crippen LogP contribution in [0.3, 0.4) is 0 Å². The summed E-state index contributed by atoms with van der Waals surface area (Å²) >= 11 is 0. The number of β-amino-alcohol motifs (C(OH)–C–C–N with tert-alkyl or cyclic N) is 1. The van der Waals surface area contributed by atoms with Gasteiger partial charge in [0.25, 0.3) is 5.91 Å². The number of likely N-dealkylation sites (tertiary alicyclic amines) is 1. The van der Waals surface area contributed by atoms with E-state index in [1.54, 1.807) is 24.3 Å². The second kappa shape index (κ2) is 7.29. The standard InChI is InChI=1S/C19H19F2NO3/c1-25-18(12-5-3-2-4-6-12)19(24)22-11-14(23)10-17(22)15-9-13(20)7-8-16(15)21/h2-9,14,17-18,23H,10-11H2,1H3. The van der Waals surface area contributed by atoms with E-state index in [0.717, 1.165) is 18.2 Å². The molecule has 132 valence electrons. The van der Waals surface area contributed by atoms with Gasteiger partial charge < -0.3 is 14.7 Å². The Kier molecular flexibility index (Phi) is 5.11. The van der Waals surface area contributed by atoms with Crippen LogP contribution in [0.4, 0.5) is 8.78 Å². The molecule has 4 nitrogen and oxygen atoms in total. The predicted molar refractivity (Wildman–Crippen MR) is 87.6 cm³/mol. The summed E-state index contributed by atoms with van der Waals surface area (Å²) in [6, 6.07) is 11.3. The second-order valence-electron chi connectivity index (χ2n) is 6.09. The Bertz CT molecular complexity index is 754. The van der Waals surface area contributed by atoms with Crippen LogP contribution in [0, 0.1) is 11.6 Å². The smallest absolute Gasteiger partial charge is 0.256 e. The lowest BCUT2D eigenvalue weighted by Gasteiger charge is -2.28. The van der Waals surface area contributed by atoms with Crippen LogP contribution in [0.25, 0.3) is 0 Å². The van der Waals surface area contributed by atoms with Crippen molar-refractivity contribution in [2.45, 2.75) is 24.7 Å². The Hall–Kier alpha value is -2.31. The fourth-order valence-corrected chi connectivity index (χ4v) is 3.28. The number of methoxy groups -OCH3 is 1. The van der Waals surface area contributed by atoms with Gasteiger partial charge in [-0.1, -0.05) is 30.3 Å². The third kappa shape index (κ3) is 3.55. The number of hydrogen-bond acceptors (Lipinski definition) is 3. The minimum atomic E-state index is -0.870. The van der Waals surface area contributed by atoms with Gasteiger partial charge >= 0.3 is 0 Å².